The number of ether oxygens (including phenoxy) is 1. The van der Waals surface area contributed by atoms with Crippen molar-refractivity contribution in [2.24, 2.45) is 0 Å². The van der Waals surface area contributed by atoms with Gasteiger partial charge in [0.25, 0.3) is 0 Å². The van der Waals surface area contributed by atoms with Crippen LogP contribution in [0.3, 0.4) is 0 Å². The van der Waals surface area contributed by atoms with E-state index in [4.69, 9.17) is 17.0 Å². The first-order valence-corrected chi connectivity index (χ1v) is 13.4. The van der Waals surface area contributed by atoms with Crippen LogP contribution < -0.4 is 20.3 Å². The first-order chi connectivity index (χ1) is 18.9. The van der Waals surface area contributed by atoms with Crippen LogP contribution in [0.2, 0.25) is 0 Å². The molecule has 1 saturated heterocycles. The zero-order valence-corrected chi connectivity index (χ0v) is 23.3. The molecule has 4 aromatic rings. The largest absolute Gasteiger partial charge is 0.494 e. The highest BCUT2D eigenvalue weighted by atomic mass is 32.1. The molecule has 2 unspecified atom stereocenters. The maximum Gasteiger partial charge on any atom is 0.224 e. The Balaban J connectivity index is 1.60. The average Bonchev–Trinajstić information content (AvgIpc) is 3.45. The molecular formula is C30H32N6O2S. The van der Waals surface area contributed by atoms with Crippen molar-refractivity contribution in [2.75, 3.05) is 17.3 Å². The van der Waals surface area contributed by atoms with Crippen LogP contribution >= 0.6 is 12.2 Å². The number of rotatable bonds is 8. The number of thiocarbonyl (C=S) groups is 1. The van der Waals surface area contributed by atoms with Crippen LogP contribution in [-0.2, 0) is 11.3 Å². The molecule has 200 valence electrons. The Morgan fingerprint density at radius 1 is 1.10 bits per heavy atom. The summed E-state index contributed by atoms with van der Waals surface area (Å²) in [5, 5.41) is 7.04. The Bertz CT molecular complexity index is 1490. The Kier molecular flexibility index (Phi) is 7.60. The van der Waals surface area contributed by atoms with Gasteiger partial charge in [-0.3, -0.25) is 14.8 Å². The molecule has 2 atom stereocenters. The van der Waals surface area contributed by atoms with E-state index in [1.807, 2.05) is 67.8 Å². The fourth-order valence-corrected chi connectivity index (χ4v) is 5.51. The molecule has 4 heterocycles. The SMILES string of the molecule is CCC(=O)Nc1ccc(N2C(=S)NC(c3ccccn3)C2c2cc(C)n(Cc3ccncc3)c2C)cc1OC. The van der Waals surface area contributed by atoms with Crippen molar-refractivity contribution in [1.29, 1.82) is 0 Å². The molecule has 8 nitrogen and oxygen atoms in total. The third-order valence-electron chi connectivity index (χ3n) is 7.18. The number of pyridine rings is 2. The number of nitrogens with zero attached hydrogens (tertiary/aromatic N) is 4. The van der Waals surface area contributed by atoms with Crippen LogP contribution in [0.25, 0.3) is 0 Å². The molecule has 9 heteroatoms. The Morgan fingerprint density at radius 2 is 1.90 bits per heavy atom. The molecule has 39 heavy (non-hydrogen) atoms. The molecule has 0 spiro atoms. The molecule has 2 N–H and O–H groups in total. The molecule has 3 aromatic heterocycles. The zero-order chi connectivity index (χ0) is 27.5. The second-order valence-corrected chi connectivity index (χ2v) is 9.94. The number of amides is 1. The fraction of sp³-hybridized carbons (Fsp3) is 0.267. The highest BCUT2D eigenvalue weighted by molar-refractivity contribution is 7.80. The number of aryl methyl sites for hydroxylation is 1. The Hall–Kier alpha value is -4.24. The smallest absolute Gasteiger partial charge is 0.224 e. The lowest BCUT2D eigenvalue weighted by molar-refractivity contribution is -0.115. The predicted octanol–water partition coefficient (Wildman–Crippen LogP) is 5.48. The molecule has 1 fully saturated rings. The van der Waals surface area contributed by atoms with Crippen molar-refractivity contribution in [3.63, 3.8) is 0 Å². The van der Waals surface area contributed by atoms with E-state index < -0.39 is 0 Å². The van der Waals surface area contributed by atoms with Crippen molar-refractivity contribution in [1.82, 2.24) is 19.9 Å². The quantitative estimate of drug-likeness (QED) is 0.287. The summed E-state index contributed by atoms with van der Waals surface area (Å²) >= 11 is 5.93. The van der Waals surface area contributed by atoms with Crippen LogP contribution in [0.1, 0.15) is 53.6 Å². The predicted molar refractivity (Wildman–Crippen MR) is 157 cm³/mol. The van der Waals surface area contributed by atoms with Gasteiger partial charge in [-0.25, -0.2) is 0 Å². The fourth-order valence-electron chi connectivity index (χ4n) is 5.16. The van der Waals surface area contributed by atoms with Crippen LogP contribution in [0, 0.1) is 13.8 Å². The number of carbonyl (C=O) groups is 1. The van der Waals surface area contributed by atoms with Crippen molar-refractivity contribution < 1.29 is 9.53 Å². The molecular weight excluding hydrogens is 508 g/mol. The highest BCUT2D eigenvalue weighted by Gasteiger charge is 2.42. The van der Waals surface area contributed by atoms with Gasteiger partial charge in [0.2, 0.25) is 5.91 Å². The Labute approximate surface area is 234 Å². The van der Waals surface area contributed by atoms with E-state index in [9.17, 15) is 4.79 Å². The minimum Gasteiger partial charge on any atom is -0.494 e. The van der Waals surface area contributed by atoms with Gasteiger partial charge in [0.1, 0.15) is 5.75 Å². The van der Waals surface area contributed by atoms with E-state index >= 15 is 0 Å². The molecule has 0 aliphatic carbocycles. The number of methoxy groups -OCH3 is 1. The third kappa shape index (κ3) is 5.22. The number of benzene rings is 1. The minimum absolute atomic E-state index is 0.0749. The van der Waals surface area contributed by atoms with Gasteiger partial charge in [-0.15, -0.1) is 0 Å². The van der Waals surface area contributed by atoms with Gasteiger partial charge in [0, 0.05) is 54.7 Å². The lowest BCUT2D eigenvalue weighted by Gasteiger charge is -2.29. The lowest BCUT2D eigenvalue weighted by Crippen LogP contribution is -2.29. The van der Waals surface area contributed by atoms with Crippen LogP contribution in [-0.4, -0.2) is 32.7 Å². The van der Waals surface area contributed by atoms with Crippen molar-refractivity contribution >= 4 is 34.6 Å². The molecule has 5 rings (SSSR count). The number of anilines is 2. The van der Waals surface area contributed by atoms with E-state index in [1.165, 1.54) is 5.56 Å². The summed E-state index contributed by atoms with van der Waals surface area (Å²) in [5.41, 5.74) is 7.06. The van der Waals surface area contributed by atoms with Crippen LogP contribution in [0.15, 0.2) is 73.2 Å². The van der Waals surface area contributed by atoms with Gasteiger partial charge in [-0.2, -0.15) is 0 Å². The summed E-state index contributed by atoms with van der Waals surface area (Å²) in [6.07, 6.45) is 5.83. The number of carbonyl (C=O) groups excluding carboxylic acids is 1. The van der Waals surface area contributed by atoms with E-state index in [0.717, 1.165) is 34.9 Å². The first-order valence-electron chi connectivity index (χ1n) is 12.9. The number of nitrogens with one attached hydrogen (secondary N) is 2. The zero-order valence-electron chi connectivity index (χ0n) is 22.5. The van der Waals surface area contributed by atoms with Gasteiger partial charge in [0.15, 0.2) is 5.11 Å². The van der Waals surface area contributed by atoms with E-state index in [-0.39, 0.29) is 18.0 Å². The Morgan fingerprint density at radius 3 is 2.59 bits per heavy atom. The van der Waals surface area contributed by atoms with Crippen LogP contribution in [0.5, 0.6) is 5.75 Å². The summed E-state index contributed by atoms with van der Waals surface area (Å²) in [6, 6.07) is 17.7. The third-order valence-corrected chi connectivity index (χ3v) is 7.49. The lowest BCUT2D eigenvalue weighted by atomic mass is 9.96. The summed E-state index contributed by atoms with van der Waals surface area (Å²) in [7, 11) is 1.60. The minimum atomic E-state index is -0.168. The molecule has 1 amide bonds. The highest BCUT2D eigenvalue weighted by Crippen LogP contribution is 2.44. The summed E-state index contributed by atoms with van der Waals surface area (Å²) in [4.78, 5) is 23.0. The summed E-state index contributed by atoms with van der Waals surface area (Å²) < 4.78 is 7.99. The molecule has 0 bridgehead atoms. The number of hydrogen-bond donors (Lipinski definition) is 2. The maximum atomic E-state index is 12.1. The van der Waals surface area contributed by atoms with Gasteiger partial charge in [-0.1, -0.05) is 13.0 Å². The molecule has 1 aromatic carbocycles. The number of hydrogen-bond acceptors (Lipinski definition) is 5. The standard InChI is InChI=1S/C30H32N6O2S/c1-5-27(37)33-24-10-9-22(17-26(24)38-4)36-29(28(34-30(36)39)25-8-6-7-13-32-25)23-16-19(2)35(20(23)3)18-21-11-14-31-15-12-21/h6-17,28-29H,5,18H2,1-4H3,(H,33,37)(H,34,39). The van der Waals surface area contributed by atoms with Gasteiger partial charge in [0.05, 0.1) is 30.6 Å². The van der Waals surface area contributed by atoms with E-state index in [2.05, 4.69) is 50.0 Å². The monoisotopic (exact) mass is 540 g/mol. The maximum absolute atomic E-state index is 12.1. The van der Waals surface area contributed by atoms with Gasteiger partial charge >= 0.3 is 0 Å². The van der Waals surface area contributed by atoms with E-state index in [1.54, 1.807) is 13.3 Å². The molecule has 0 saturated carbocycles. The van der Waals surface area contributed by atoms with Gasteiger partial charge < -0.3 is 24.8 Å². The van der Waals surface area contributed by atoms with Gasteiger partial charge in [-0.05, 0) is 79.7 Å². The second kappa shape index (κ2) is 11.2. The molecule has 0 radical (unpaired) electrons. The van der Waals surface area contributed by atoms with Crippen molar-refractivity contribution in [3.8, 4) is 5.75 Å². The van der Waals surface area contributed by atoms with E-state index in [0.29, 0.717) is 23.0 Å². The number of aromatic nitrogens is 3. The normalized spacial score (nSPS) is 16.7. The summed E-state index contributed by atoms with van der Waals surface area (Å²) in [6.45, 7) is 6.85. The van der Waals surface area contributed by atoms with Crippen molar-refractivity contribution in [2.45, 2.75) is 45.8 Å². The molecule has 1 aliphatic heterocycles. The summed E-state index contributed by atoms with van der Waals surface area (Å²) in [5.74, 6) is 0.495. The topological polar surface area (TPSA) is 84.3 Å². The van der Waals surface area contributed by atoms with Crippen LogP contribution in [0.4, 0.5) is 11.4 Å². The molecule has 1 aliphatic rings. The second-order valence-electron chi connectivity index (χ2n) is 9.55. The first kappa shape index (κ1) is 26.4. The average molecular weight is 541 g/mol. The van der Waals surface area contributed by atoms with Crippen molar-refractivity contribution in [3.05, 3.63) is 101 Å².